The lowest BCUT2D eigenvalue weighted by atomic mass is 9.98. The van der Waals surface area contributed by atoms with E-state index in [4.69, 9.17) is 0 Å². The summed E-state index contributed by atoms with van der Waals surface area (Å²) in [6.07, 6.45) is 4.63. The van der Waals surface area contributed by atoms with E-state index in [0.29, 0.717) is 18.5 Å². The van der Waals surface area contributed by atoms with Crippen LogP contribution in [0.3, 0.4) is 0 Å². The molecule has 0 unspecified atom stereocenters. The smallest absolute Gasteiger partial charge is 0.219 e. The zero-order valence-corrected chi connectivity index (χ0v) is 10.7. The number of fused-ring (bicyclic) bond motifs is 1. The summed E-state index contributed by atoms with van der Waals surface area (Å²) in [5.74, 6) is -0.121. The van der Waals surface area contributed by atoms with Crippen LogP contribution in [-0.2, 0) is 4.79 Å². The molecule has 4 heteroatoms. The molecule has 98 valence electrons. The quantitative estimate of drug-likeness (QED) is 0.838. The lowest BCUT2D eigenvalue weighted by Crippen LogP contribution is -2.32. The van der Waals surface area contributed by atoms with Crippen LogP contribution in [0.1, 0.15) is 18.9 Å². The lowest BCUT2D eigenvalue weighted by Gasteiger charge is -2.25. The topological polar surface area (TPSA) is 36.1 Å². The molecule has 19 heavy (non-hydrogen) atoms. The molecule has 0 saturated carbocycles. The second-order valence-corrected chi connectivity index (χ2v) is 4.81. The Hall–Kier alpha value is -2.10. The van der Waals surface area contributed by atoms with Gasteiger partial charge in [-0.05, 0) is 24.1 Å². The minimum Gasteiger partial charge on any atom is -0.360 e. The Morgan fingerprint density at radius 1 is 1.42 bits per heavy atom. The highest BCUT2D eigenvalue weighted by Crippen LogP contribution is 2.30. The fourth-order valence-electron chi connectivity index (χ4n) is 2.59. The van der Waals surface area contributed by atoms with Crippen LogP contribution in [0.5, 0.6) is 0 Å². The van der Waals surface area contributed by atoms with Crippen molar-refractivity contribution in [2.45, 2.75) is 13.3 Å². The molecule has 1 aliphatic heterocycles. The Labute approximate surface area is 110 Å². The molecule has 2 heterocycles. The number of aromatic amines is 1. The second-order valence-electron chi connectivity index (χ2n) is 4.81. The van der Waals surface area contributed by atoms with Gasteiger partial charge in [0.25, 0.3) is 0 Å². The highest BCUT2D eigenvalue weighted by Gasteiger charge is 2.18. The third-order valence-corrected chi connectivity index (χ3v) is 3.66. The Balaban J connectivity index is 2.00. The molecule has 3 rings (SSSR count). The van der Waals surface area contributed by atoms with Crippen LogP contribution < -0.4 is 0 Å². The molecule has 0 spiro atoms. The van der Waals surface area contributed by atoms with Gasteiger partial charge in [-0.15, -0.1) is 0 Å². The van der Waals surface area contributed by atoms with Crippen molar-refractivity contribution in [3.05, 3.63) is 41.9 Å². The highest BCUT2D eigenvalue weighted by atomic mass is 19.1. The number of carbonyl (C=O) groups is 1. The Kier molecular flexibility index (Phi) is 2.85. The molecule has 0 aliphatic carbocycles. The number of nitrogens with zero attached hydrogens (tertiary/aromatic N) is 1. The van der Waals surface area contributed by atoms with E-state index in [-0.39, 0.29) is 11.7 Å². The van der Waals surface area contributed by atoms with E-state index < -0.39 is 0 Å². The third-order valence-electron chi connectivity index (χ3n) is 3.66. The number of aromatic nitrogens is 1. The summed E-state index contributed by atoms with van der Waals surface area (Å²) in [5, 5.41) is 0.644. The lowest BCUT2D eigenvalue weighted by molar-refractivity contribution is -0.128. The molecule has 0 fully saturated rings. The molecular weight excluding hydrogens is 243 g/mol. The molecule has 0 atom stereocenters. The predicted molar refractivity (Wildman–Crippen MR) is 73.1 cm³/mol. The molecule has 1 amide bonds. The molecular formula is C15H15FN2O. The van der Waals surface area contributed by atoms with E-state index in [9.17, 15) is 9.18 Å². The summed E-state index contributed by atoms with van der Waals surface area (Å²) in [6.45, 7) is 2.87. The van der Waals surface area contributed by atoms with Gasteiger partial charge in [0.15, 0.2) is 0 Å². The predicted octanol–water partition coefficient (Wildman–Crippen LogP) is 2.94. The van der Waals surface area contributed by atoms with E-state index in [0.717, 1.165) is 23.1 Å². The van der Waals surface area contributed by atoms with E-state index in [1.165, 1.54) is 6.07 Å². The molecule has 0 saturated heterocycles. The number of benzene rings is 1. The second kappa shape index (κ2) is 4.53. The van der Waals surface area contributed by atoms with Gasteiger partial charge in [-0.1, -0.05) is 12.1 Å². The number of hydrogen-bond acceptors (Lipinski definition) is 1. The number of nitrogens with one attached hydrogen (secondary N) is 1. The van der Waals surface area contributed by atoms with Gasteiger partial charge in [-0.3, -0.25) is 4.79 Å². The third kappa shape index (κ3) is 2.03. The highest BCUT2D eigenvalue weighted by molar-refractivity contribution is 5.93. The van der Waals surface area contributed by atoms with Crippen LogP contribution in [0.4, 0.5) is 4.39 Å². The van der Waals surface area contributed by atoms with Crippen molar-refractivity contribution >= 4 is 22.4 Å². The molecule has 1 aromatic carbocycles. The average Bonchev–Trinajstić information content (AvgIpc) is 2.84. The van der Waals surface area contributed by atoms with E-state index >= 15 is 0 Å². The average molecular weight is 258 g/mol. The van der Waals surface area contributed by atoms with Crippen molar-refractivity contribution in [3.63, 3.8) is 0 Å². The molecule has 0 radical (unpaired) electrons. The fraction of sp³-hybridized carbons (Fsp3) is 0.267. The Morgan fingerprint density at radius 3 is 2.95 bits per heavy atom. The number of rotatable bonds is 1. The Bertz CT molecular complexity index is 672. The Morgan fingerprint density at radius 2 is 2.26 bits per heavy atom. The van der Waals surface area contributed by atoms with Gasteiger partial charge in [0.2, 0.25) is 5.91 Å². The van der Waals surface area contributed by atoms with E-state index in [1.54, 1.807) is 17.9 Å². The maximum Gasteiger partial charge on any atom is 0.219 e. The molecule has 0 bridgehead atoms. The van der Waals surface area contributed by atoms with Crippen molar-refractivity contribution in [1.29, 1.82) is 0 Å². The molecule has 3 nitrogen and oxygen atoms in total. The first-order valence-electron chi connectivity index (χ1n) is 6.37. The minimum atomic E-state index is -0.205. The van der Waals surface area contributed by atoms with Crippen LogP contribution in [0.15, 0.2) is 30.5 Å². The maximum atomic E-state index is 13.9. The number of amides is 1. The summed E-state index contributed by atoms with van der Waals surface area (Å²) in [7, 11) is 0. The number of hydrogen-bond donors (Lipinski definition) is 1. The number of carbonyl (C=O) groups excluding carboxylic acids is 1. The normalized spacial score (nSPS) is 15.7. The van der Waals surface area contributed by atoms with Gasteiger partial charge >= 0.3 is 0 Å². The zero-order chi connectivity index (χ0) is 13.4. The van der Waals surface area contributed by atoms with Gasteiger partial charge in [0, 0.05) is 42.7 Å². The number of halogens is 1. The first-order valence-corrected chi connectivity index (χ1v) is 6.37. The molecule has 1 aromatic heterocycles. The first-order chi connectivity index (χ1) is 9.16. The SMILES string of the molecule is CC(=O)N1CC=C(c2c[nH]c3cccc(F)c23)CC1. The molecule has 1 N–H and O–H groups in total. The van der Waals surface area contributed by atoms with Crippen LogP contribution in [0, 0.1) is 5.82 Å². The summed E-state index contributed by atoms with van der Waals surface area (Å²) < 4.78 is 13.9. The standard InChI is InChI=1S/C15H15FN2O/c1-10(19)18-7-5-11(6-8-18)12-9-17-14-4-2-3-13(16)15(12)14/h2-5,9,17H,6-8H2,1H3. The van der Waals surface area contributed by atoms with Crippen LogP contribution in [-0.4, -0.2) is 28.9 Å². The molecule has 2 aromatic rings. The van der Waals surface area contributed by atoms with Crippen LogP contribution in [0.2, 0.25) is 0 Å². The van der Waals surface area contributed by atoms with E-state index in [2.05, 4.69) is 4.98 Å². The van der Waals surface area contributed by atoms with Gasteiger partial charge in [-0.2, -0.15) is 0 Å². The zero-order valence-electron chi connectivity index (χ0n) is 10.7. The molecule has 1 aliphatic rings. The van der Waals surface area contributed by atoms with Gasteiger partial charge in [0.05, 0.1) is 0 Å². The van der Waals surface area contributed by atoms with Gasteiger partial charge in [0.1, 0.15) is 5.82 Å². The monoisotopic (exact) mass is 258 g/mol. The first kappa shape index (κ1) is 12.0. The van der Waals surface area contributed by atoms with Crippen molar-refractivity contribution in [2.24, 2.45) is 0 Å². The summed E-state index contributed by atoms with van der Waals surface area (Å²) in [6, 6.07) is 5.04. The summed E-state index contributed by atoms with van der Waals surface area (Å²) >= 11 is 0. The summed E-state index contributed by atoms with van der Waals surface area (Å²) in [4.78, 5) is 16.2. The van der Waals surface area contributed by atoms with E-state index in [1.807, 2.05) is 18.3 Å². The fourth-order valence-corrected chi connectivity index (χ4v) is 2.59. The minimum absolute atomic E-state index is 0.0837. The maximum absolute atomic E-state index is 13.9. The number of H-pyrrole nitrogens is 1. The van der Waals surface area contributed by atoms with Gasteiger partial charge in [-0.25, -0.2) is 4.39 Å². The van der Waals surface area contributed by atoms with Crippen molar-refractivity contribution < 1.29 is 9.18 Å². The van der Waals surface area contributed by atoms with Crippen LogP contribution >= 0.6 is 0 Å². The summed E-state index contributed by atoms with van der Waals surface area (Å²) in [5.41, 5.74) is 2.83. The van der Waals surface area contributed by atoms with Crippen LogP contribution in [0.25, 0.3) is 16.5 Å². The van der Waals surface area contributed by atoms with Crippen molar-refractivity contribution in [3.8, 4) is 0 Å². The largest absolute Gasteiger partial charge is 0.360 e. The van der Waals surface area contributed by atoms with Crippen molar-refractivity contribution in [2.75, 3.05) is 13.1 Å². The van der Waals surface area contributed by atoms with Crippen molar-refractivity contribution in [1.82, 2.24) is 9.88 Å². The van der Waals surface area contributed by atoms with Gasteiger partial charge < -0.3 is 9.88 Å².